The summed E-state index contributed by atoms with van der Waals surface area (Å²) in [4.78, 5) is 112. The van der Waals surface area contributed by atoms with Crippen LogP contribution in [0.3, 0.4) is 0 Å². The van der Waals surface area contributed by atoms with Crippen molar-refractivity contribution in [2.75, 3.05) is 26.2 Å². The highest BCUT2D eigenvalue weighted by Crippen LogP contribution is 2.27. The summed E-state index contributed by atoms with van der Waals surface area (Å²) in [6.07, 6.45) is 1.63. The SMILES string of the molecule is CC(C)[C@@H]1NC(=O)[C@@H]2CCCN2C(=O)[C@@H]2CCCN2C(=O)[C@H](CCC(=O)O)NC(=O)[C@@H]2CCCN2C(=O)CNC(=O)[C@H](Cc2ccc(O)cc2)NC1=O. The molecule has 1 aromatic carbocycles. The number of carboxylic acid groups (broad SMARTS) is 1. The number of carbonyl (C=O) groups excluding carboxylic acids is 7. The van der Waals surface area contributed by atoms with E-state index in [1.807, 2.05) is 0 Å². The fraction of sp³-hybridized carbons (Fsp3) is 0.611. The largest absolute Gasteiger partial charge is 0.508 e. The van der Waals surface area contributed by atoms with E-state index >= 15 is 0 Å². The lowest BCUT2D eigenvalue weighted by Gasteiger charge is -2.34. The third-order valence-corrected chi connectivity index (χ3v) is 10.5. The minimum Gasteiger partial charge on any atom is -0.508 e. The minimum absolute atomic E-state index is 0.00388. The zero-order valence-electron chi connectivity index (χ0n) is 30.0. The Morgan fingerprint density at radius 2 is 1.26 bits per heavy atom. The molecule has 4 heterocycles. The van der Waals surface area contributed by atoms with Gasteiger partial charge in [0.1, 0.15) is 42.0 Å². The summed E-state index contributed by atoms with van der Waals surface area (Å²) in [5, 5.41) is 29.9. The Labute approximate surface area is 307 Å². The molecule has 6 atom stereocenters. The molecule has 7 amide bonds. The van der Waals surface area contributed by atoms with Gasteiger partial charge in [-0.05, 0) is 68.6 Å². The topological polar surface area (TPSA) is 235 Å². The molecule has 1 aromatic rings. The fourth-order valence-corrected chi connectivity index (χ4v) is 7.62. The molecule has 6 N–H and O–H groups in total. The number of benzene rings is 1. The van der Waals surface area contributed by atoms with Crippen LogP contribution in [0.4, 0.5) is 0 Å². The first-order valence-electron chi connectivity index (χ1n) is 18.3. The van der Waals surface area contributed by atoms with Crippen LogP contribution in [0.1, 0.15) is 70.8 Å². The summed E-state index contributed by atoms with van der Waals surface area (Å²) in [5.74, 6) is -5.85. The number of nitrogens with zero attached hydrogens (tertiary/aromatic N) is 3. The molecular weight excluding hydrogens is 690 g/mol. The van der Waals surface area contributed by atoms with Gasteiger partial charge in [0.25, 0.3) is 0 Å². The molecule has 0 aliphatic carbocycles. The van der Waals surface area contributed by atoms with E-state index in [0.717, 1.165) is 0 Å². The first kappa shape index (κ1) is 39.0. The van der Waals surface area contributed by atoms with E-state index in [1.54, 1.807) is 26.0 Å². The van der Waals surface area contributed by atoms with E-state index < -0.39 is 102 Å². The number of rotatable bonds is 6. The summed E-state index contributed by atoms with van der Waals surface area (Å²) in [5.41, 5.74) is 0.592. The molecule has 53 heavy (non-hydrogen) atoms. The normalized spacial score (nSPS) is 28.1. The number of carboxylic acids is 1. The standard InChI is InChI=1S/C36H49N7O10/c1-20(2)30-34(51)39-24(18-21-9-11-22(44)12-10-21)31(48)37-19-28(45)41-15-3-6-25(41)32(49)38-23(13-14-29(46)47)35(52)43-17-5-8-27(43)36(53)42-16-4-7-26(42)33(50)40-30/h9-12,20,23-27,30,44H,3-8,13-19H2,1-2H3,(H,37,48)(H,38,49)(H,39,51)(H,40,50)(H,46,47)/t23-,24-,25-,26-,27-,30-/m0/s1. The van der Waals surface area contributed by atoms with Gasteiger partial charge in [0.05, 0.1) is 6.54 Å². The van der Waals surface area contributed by atoms with Gasteiger partial charge in [0, 0.05) is 32.5 Å². The maximum atomic E-state index is 14.1. The van der Waals surface area contributed by atoms with Crippen molar-refractivity contribution in [1.82, 2.24) is 36.0 Å². The van der Waals surface area contributed by atoms with Crippen molar-refractivity contribution in [2.45, 2.75) is 108 Å². The van der Waals surface area contributed by atoms with Crippen LogP contribution in [0.5, 0.6) is 5.75 Å². The second kappa shape index (κ2) is 17.1. The number of amides is 7. The molecule has 0 unspecified atom stereocenters. The lowest BCUT2D eigenvalue weighted by atomic mass is 10.00. The van der Waals surface area contributed by atoms with Gasteiger partial charge >= 0.3 is 5.97 Å². The van der Waals surface area contributed by atoms with Gasteiger partial charge in [-0.1, -0.05) is 26.0 Å². The van der Waals surface area contributed by atoms with Crippen LogP contribution < -0.4 is 21.3 Å². The highest BCUT2D eigenvalue weighted by molar-refractivity contribution is 5.98. The van der Waals surface area contributed by atoms with Crippen LogP contribution >= 0.6 is 0 Å². The van der Waals surface area contributed by atoms with Crippen molar-refractivity contribution in [1.29, 1.82) is 0 Å². The monoisotopic (exact) mass is 739 g/mol. The van der Waals surface area contributed by atoms with Crippen LogP contribution in [0, 0.1) is 5.92 Å². The number of carbonyl (C=O) groups is 8. The third kappa shape index (κ3) is 9.24. The molecule has 4 fully saturated rings. The molecule has 17 nitrogen and oxygen atoms in total. The summed E-state index contributed by atoms with van der Waals surface area (Å²) in [7, 11) is 0. The Balaban J connectivity index is 1.48. The lowest BCUT2D eigenvalue weighted by molar-refractivity contribution is -0.149. The average Bonchev–Trinajstić information content (AvgIpc) is 3.92. The number of aromatic hydroxyl groups is 1. The van der Waals surface area contributed by atoms with Crippen LogP contribution in [0.25, 0.3) is 0 Å². The molecule has 4 saturated heterocycles. The zero-order valence-corrected chi connectivity index (χ0v) is 30.0. The van der Waals surface area contributed by atoms with Crippen molar-refractivity contribution in [3.05, 3.63) is 29.8 Å². The number of hydrogen-bond donors (Lipinski definition) is 6. The highest BCUT2D eigenvalue weighted by atomic mass is 16.4. The molecular formula is C36H49N7O10. The van der Waals surface area contributed by atoms with E-state index in [0.29, 0.717) is 37.7 Å². The Bertz CT molecular complexity index is 1600. The van der Waals surface area contributed by atoms with Crippen LogP contribution in [-0.4, -0.2) is 135 Å². The highest BCUT2D eigenvalue weighted by Gasteiger charge is 2.45. The fourth-order valence-electron chi connectivity index (χ4n) is 7.62. The van der Waals surface area contributed by atoms with Crippen molar-refractivity contribution in [3.63, 3.8) is 0 Å². The molecule has 0 bridgehead atoms. The van der Waals surface area contributed by atoms with E-state index in [2.05, 4.69) is 21.3 Å². The average molecular weight is 740 g/mol. The number of phenolic OH excluding ortho intramolecular Hbond substituents is 1. The Morgan fingerprint density at radius 1 is 0.717 bits per heavy atom. The van der Waals surface area contributed by atoms with Crippen molar-refractivity contribution < 1.29 is 48.6 Å². The van der Waals surface area contributed by atoms with E-state index in [4.69, 9.17) is 0 Å². The summed E-state index contributed by atoms with van der Waals surface area (Å²) in [6, 6.07) is -0.435. The van der Waals surface area contributed by atoms with Gasteiger partial charge in [-0.3, -0.25) is 38.4 Å². The predicted molar refractivity (Wildman–Crippen MR) is 187 cm³/mol. The van der Waals surface area contributed by atoms with Crippen LogP contribution in [-0.2, 0) is 44.8 Å². The molecule has 17 heteroatoms. The molecule has 0 aromatic heterocycles. The number of fused-ring (bicyclic) bond motifs is 3. The Morgan fingerprint density at radius 3 is 1.89 bits per heavy atom. The maximum absolute atomic E-state index is 14.1. The number of nitrogens with one attached hydrogen (secondary N) is 4. The van der Waals surface area contributed by atoms with Crippen molar-refractivity contribution >= 4 is 47.3 Å². The van der Waals surface area contributed by atoms with Gasteiger partial charge in [-0.25, -0.2) is 0 Å². The molecule has 288 valence electrons. The van der Waals surface area contributed by atoms with E-state index in [-0.39, 0.29) is 44.6 Å². The molecule has 4 aliphatic heterocycles. The van der Waals surface area contributed by atoms with Crippen LogP contribution in [0.15, 0.2) is 24.3 Å². The number of aliphatic carboxylic acids is 1. The lowest BCUT2D eigenvalue weighted by Crippen LogP contribution is -2.59. The second-order valence-corrected chi connectivity index (χ2v) is 14.5. The first-order chi connectivity index (χ1) is 25.2. The van der Waals surface area contributed by atoms with Crippen LogP contribution in [0.2, 0.25) is 0 Å². The van der Waals surface area contributed by atoms with Gasteiger partial charge in [-0.15, -0.1) is 0 Å². The minimum atomic E-state index is -1.29. The first-order valence-corrected chi connectivity index (χ1v) is 18.3. The Hall–Kier alpha value is -5.22. The predicted octanol–water partition coefficient (Wildman–Crippen LogP) is -0.987. The number of hydrogen-bond acceptors (Lipinski definition) is 9. The molecule has 5 rings (SSSR count). The third-order valence-electron chi connectivity index (χ3n) is 10.5. The van der Waals surface area contributed by atoms with Gasteiger partial charge in [0.2, 0.25) is 41.4 Å². The quantitative estimate of drug-likeness (QED) is 0.209. The zero-order chi connectivity index (χ0) is 38.4. The van der Waals surface area contributed by atoms with Crippen molar-refractivity contribution in [3.8, 4) is 5.75 Å². The maximum Gasteiger partial charge on any atom is 0.303 e. The second-order valence-electron chi connectivity index (χ2n) is 14.5. The Kier molecular flexibility index (Phi) is 12.6. The van der Waals surface area contributed by atoms with Gasteiger partial charge in [-0.2, -0.15) is 0 Å². The van der Waals surface area contributed by atoms with E-state index in [9.17, 15) is 48.6 Å². The number of phenols is 1. The summed E-state index contributed by atoms with van der Waals surface area (Å²) >= 11 is 0. The molecule has 0 spiro atoms. The molecule has 4 aliphatic rings. The van der Waals surface area contributed by atoms with Crippen molar-refractivity contribution in [2.24, 2.45) is 5.92 Å². The summed E-state index contributed by atoms with van der Waals surface area (Å²) < 4.78 is 0. The summed E-state index contributed by atoms with van der Waals surface area (Å²) in [6.45, 7) is 3.57. The van der Waals surface area contributed by atoms with E-state index in [1.165, 1.54) is 26.8 Å². The molecule has 0 saturated carbocycles. The van der Waals surface area contributed by atoms with Gasteiger partial charge < -0.3 is 46.2 Å². The molecule has 0 radical (unpaired) electrons. The van der Waals surface area contributed by atoms with Gasteiger partial charge in [0.15, 0.2) is 0 Å². The smallest absolute Gasteiger partial charge is 0.303 e.